The van der Waals surface area contributed by atoms with Crippen molar-refractivity contribution in [2.75, 3.05) is 18.9 Å². The van der Waals surface area contributed by atoms with Crippen molar-refractivity contribution in [3.05, 3.63) is 52.7 Å². The minimum atomic E-state index is -1.34. The fraction of sp³-hybridized carbons (Fsp3) is 0.364. The monoisotopic (exact) mass is 361 g/mol. The van der Waals surface area contributed by atoms with Crippen LogP contribution in [0, 0.1) is 0 Å². The number of pyridine rings is 1. The van der Waals surface area contributed by atoms with Crippen LogP contribution in [-0.2, 0) is 11.3 Å². The Morgan fingerprint density at radius 2 is 2.15 bits per heavy atom. The second-order valence-corrected chi connectivity index (χ2v) is 7.66. The predicted molar refractivity (Wildman–Crippen MR) is 106 cm³/mol. The number of carbonyl (C=O) groups is 1. The Morgan fingerprint density at radius 1 is 1.30 bits per heavy atom. The lowest BCUT2D eigenvalue weighted by molar-refractivity contribution is -0.134. The molecular weight excluding hydrogens is 338 g/mol. The average Bonchev–Trinajstić information content (AvgIpc) is 3.04. The molecule has 0 saturated carbocycles. The number of rotatable bonds is 2. The van der Waals surface area contributed by atoms with E-state index in [1.54, 1.807) is 0 Å². The molecule has 1 atom stereocenters. The fourth-order valence-corrected chi connectivity index (χ4v) is 4.73. The van der Waals surface area contributed by atoms with Crippen molar-refractivity contribution in [3.63, 3.8) is 0 Å². The van der Waals surface area contributed by atoms with E-state index in [4.69, 9.17) is 4.98 Å². The van der Waals surface area contributed by atoms with E-state index >= 15 is 0 Å². The molecule has 1 aromatic heterocycles. The predicted octanol–water partition coefficient (Wildman–Crippen LogP) is 3.25. The maximum atomic E-state index is 12.4. The van der Waals surface area contributed by atoms with E-state index in [-0.39, 0.29) is 5.78 Å². The smallest absolute Gasteiger partial charge is 0.169 e. The zero-order valence-electron chi connectivity index (χ0n) is 15.7. The summed E-state index contributed by atoms with van der Waals surface area (Å²) in [7, 11) is 1.92. The Hall–Kier alpha value is -2.66. The van der Waals surface area contributed by atoms with E-state index in [1.807, 2.05) is 32.2 Å². The van der Waals surface area contributed by atoms with Gasteiger partial charge in [-0.25, -0.2) is 4.98 Å². The number of nitrogens with zero attached hydrogens (tertiary/aromatic N) is 2. The van der Waals surface area contributed by atoms with Gasteiger partial charge in [-0.05, 0) is 53.8 Å². The normalized spacial score (nSPS) is 23.9. The number of fused-ring (bicyclic) bond motifs is 4. The molecule has 2 aromatic rings. The number of anilines is 1. The lowest BCUT2D eigenvalue weighted by atomic mass is 9.75. The standard InChI is InChI=1S/C22H23N3O2/c1-3-22(27)16-10-19-21-14(12-25(19)11-13(16)7-8-20(22)26)9-15-17(23-2)5-4-6-18(15)24-21/h4-6,9-10,23,27H,3,7-8,11-12H2,1-2H3/t22-/m0/s1. The number of hydrogen-bond donors (Lipinski definition) is 2. The molecule has 27 heavy (non-hydrogen) atoms. The van der Waals surface area contributed by atoms with Gasteiger partial charge in [0.2, 0.25) is 0 Å². The van der Waals surface area contributed by atoms with E-state index < -0.39 is 5.60 Å². The number of aromatic nitrogens is 1. The van der Waals surface area contributed by atoms with Crippen LogP contribution in [0.4, 0.5) is 5.69 Å². The van der Waals surface area contributed by atoms with E-state index in [2.05, 4.69) is 22.3 Å². The summed E-state index contributed by atoms with van der Waals surface area (Å²) < 4.78 is 0. The molecule has 2 aliphatic heterocycles. The number of carbonyl (C=O) groups excluding carboxylic acids is 1. The second kappa shape index (κ2) is 5.67. The van der Waals surface area contributed by atoms with Gasteiger partial charge in [-0.15, -0.1) is 0 Å². The highest BCUT2D eigenvalue weighted by Crippen LogP contribution is 2.44. The van der Waals surface area contributed by atoms with E-state index in [9.17, 15) is 9.90 Å². The summed E-state index contributed by atoms with van der Waals surface area (Å²) in [5, 5.41) is 15.4. The molecule has 5 rings (SSSR count). The van der Waals surface area contributed by atoms with Crippen LogP contribution in [-0.4, -0.2) is 40.0 Å². The average molecular weight is 361 g/mol. The van der Waals surface area contributed by atoms with Crippen LogP contribution in [0.2, 0.25) is 0 Å². The number of aliphatic hydroxyl groups is 1. The summed E-state index contributed by atoms with van der Waals surface area (Å²) in [4.78, 5) is 19.7. The third-order valence-electron chi connectivity index (χ3n) is 6.27. The van der Waals surface area contributed by atoms with Gasteiger partial charge >= 0.3 is 0 Å². The van der Waals surface area contributed by atoms with Crippen LogP contribution in [0.25, 0.3) is 16.6 Å². The van der Waals surface area contributed by atoms with Crippen LogP contribution >= 0.6 is 0 Å². The van der Waals surface area contributed by atoms with Gasteiger partial charge in [0.1, 0.15) is 5.60 Å². The number of hydrogen-bond acceptors (Lipinski definition) is 5. The lowest BCUT2D eigenvalue weighted by Gasteiger charge is -2.38. The van der Waals surface area contributed by atoms with Gasteiger partial charge in [0.05, 0.1) is 16.9 Å². The summed E-state index contributed by atoms with van der Waals surface area (Å²) in [6.45, 7) is 3.46. The molecule has 0 fully saturated rings. The molecule has 2 N–H and O–H groups in total. The van der Waals surface area contributed by atoms with Crippen molar-refractivity contribution in [1.82, 2.24) is 9.88 Å². The van der Waals surface area contributed by atoms with E-state index in [0.717, 1.165) is 53.1 Å². The third-order valence-corrected chi connectivity index (χ3v) is 6.27. The number of nitrogens with one attached hydrogen (secondary N) is 1. The van der Waals surface area contributed by atoms with Gasteiger partial charge in [-0.1, -0.05) is 13.0 Å². The van der Waals surface area contributed by atoms with Crippen LogP contribution in [0.1, 0.15) is 37.4 Å². The van der Waals surface area contributed by atoms with Crippen molar-refractivity contribution in [1.29, 1.82) is 0 Å². The zero-order chi connectivity index (χ0) is 18.8. The van der Waals surface area contributed by atoms with Gasteiger partial charge in [-0.2, -0.15) is 0 Å². The van der Waals surface area contributed by atoms with E-state index in [1.165, 1.54) is 11.1 Å². The molecule has 0 radical (unpaired) electrons. The topological polar surface area (TPSA) is 65.5 Å². The van der Waals surface area contributed by atoms with Crippen LogP contribution in [0.5, 0.6) is 0 Å². The summed E-state index contributed by atoms with van der Waals surface area (Å²) in [5.74, 6) is -0.0580. The van der Waals surface area contributed by atoms with Crippen LogP contribution < -0.4 is 5.32 Å². The molecule has 0 amide bonds. The summed E-state index contributed by atoms with van der Waals surface area (Å²) in [6, 6.07) is 8.32. The minimum Gasteiger partial charge on any atom is -0.388 e. The molecule has 0 unspecified atom stereocenters. The van der Waals surface area contributed by atoms with Gasteiger partial charge in [-0.3, -0.25) is 4.79 Å². The Morgan fingerprint density at radius 3 is 2.93 bits per heavy atom. The first-order valence-corrected chi connectivity index (χ1v) is 9.60. The first-order valence-electron chi connectivity index (χ1n) is 9.60. The van der Waals surface area contributed by atoms with Gasteiger partial charge in [0.25, 0.3) is 0 Å². The first kappa shape index (κ1) is 16.5. The molecule has 0 spiro atoms. The lowest BCUT2D eigenvalue weighted by Crippen LogP contribution is -2.45. The van der Waals surface area contributed by atoms with Crippen molar-refractivity contribution in [2.24, 2.45) is 0 Å². The molecule has 138 valence electrons. The van der Waals surface area contributed by atoms with E-state index in [0.29, 0.717) is 12.8 Å². The molecule has 3 aliphatic rings. The van der Waals surface area contributed by atoms with Crippen molar-refractivity contribution >= 4 is 28.1 Å². The second-order valence-electron chi connectivity index (χ2n) is 7.66. The molecule has 3 heterocycles. The SMILES string of the molecule is CC[C@@]1(O)C(=O)CCC2=C1C=C1c3nc4cccc(NC)c4cc3CN1C2. The Kier molecular flexibility index (Phi) is 3.46. The number of benzene rings is 1. The maximum absolute atomic E-state index is 12.4. The maximum Gasteiger partial charge on any atom is 0.169 e. The van der Waals surface area contributed by atoms with Crippen LogP contribution in [0.3, 0.4) is 0 Å². The molecule has 5 nitrogen and oxygen atoms in total. The fourth-order valence-electron chi connectivity index (χ4n) is 4.73. The summed E-state index contributed by atoms with van der Waals surface area (Å²) >= 11 is 0. The third kappa shape index (κ3) is 2.21. The van der Waals surface area contributed by atoms with Gasteiger partial charge in [0, 0.05) is 37.6 Å². The number of Topliss-reactive ketones (excluding diaryl/α,β-unsaturated/α-hetero) is 1. The highest BCUT2D eigenvalue weighted by atomic mass is 16.3. The van der Waals surface area contributed by atoms with Gasteiger partial charge in [0.15, 0.2) is 5.78 Å². The Bertz CT molecular complexity index is 1050. The highest BCUT2D eigenvalue weighted by Gasteiger charge is 2.44. The molecular formula is C22H23N3O2. The van der Waals surface area contributed by atoms with Gasteiger partial charge < -0.3 is 15.3 Å². The Labute approximate surface area is 158 Å². The quantitative estimate of drug-likeness (QED) is 0.860. The number of ketones is 1. The minimum absolute atomic E-state index is 0.0580. The molecule has 1 aromatic carbocycles. The summed E-state index contributed by atoms with van der Waals surface area (Å²) in [6.07, 6.45) is 3.61. The molecule has 5 heteroatoms. The molecule has 0 bridgehead atoms. The first-order chi connectivity index (χ1) is 13.0. The van der Waals surface area contributed by atoms with Crippen molar-refractivity contribution in [2.45, 2.75) is 38.3 Å². The van der Waals surface area contributed by atoms with Crippen LogP contribution in [0.15, 0.2) is 41.5 Å². The Balaban J connectivity index is 1.67. The summed E-state index contributed by atoms with van der Waals surface area (Å²) in [5.41, 5.74) is 5.88. The highest BCUT2D eigenvalue weighted by molar-refractivity contribution is 5.96. The molecule has 0 saturated heterocycles. The molecule has 1 aliphatic carbocycles. The van der Waals surface area contributed by atoms with Crippen molar-refractivity contribution < 1.29 is 9.90 Å². The zero-order valence-corrected chi connectivity index (χ0v) is 15.7. The largest absolute Gasteiger partial charge is 0.388 e. The van der Waals surface area contributed by atoms with Crippen molar-refractivity contribution in [3.8, 4) is 0 Å².